The van der Waals surface area contributed by atoms with Crippen LogP contribution in [0.3, 0.4) is 0 Å². The van der Waals surface area contributed by atoms with Crippen LogP contribution in [0.25, 0.3) is 11.0 Å². The molecule has 0 aliphatic heterocycles. The zero-order valence-electron chi connectivity index (χ0n) is 15.8. The molecule has 0 saturated carbocycles. The van der Waals surface area contributed by atoms with Gasteiger partial charge in [-0.15, -0.1) is 0 Å². The summed E-state index contributed by atoms with van der Waals surface area (Å²) in [6, 6.07) is 8.53. The number of nitrogens with one attached hydrogen (secondary N) is 1. The van der Waals surface area contributed by atoms with Crippen LogP contribution in [0.4, 0.5) is 5.69 Å². The standard InChI is InChI=1S/C19H20N4O4S/c1-4-23-18(25)13-6-5-9-20-17(13)22-19(23)28-11-16(24)21-14-8-7-12(26-2)10-15(14)27-3/h5-10H,4,11H2,1-3H3,(H,21,24). The number of anilines is 1. The number of amides is 1. The second-order valence-electron chi connectivity index (χ2n) is 5.72. The summed E-state index contributed by atoms with van der Waals surface area (Å²) < 4.78 is 12.0. The molecule has 1 N–H and O–H groups in total. The van der Waals surface area contributed by atoms with Gasteiger partial charge in [-0.3, -0.25) is 14.2 Å². The molecule has 0 radical (unpaired) electrons. The molecule has 0 aliphatic rings. The Labute approximate surface area is 165 Å². The van der Waals surface area contributed by atoms with Crippen molar-refractivity contribution in [2.75, 3.05) is 25.3 Å². The molecule has 8 nitrogen and oxygen atoms in total. The van der Waals surface area contributed by atoms with Crippen LogP contribution in [0.5, 0.6) is 11.5 Å². The lowest BCUT2D eigenvalue weighted by atomic mass is 10.2. The van der Waals surface area contributed by atoms with Gasteiger partial charge < -0.3 is 14.8 Å². The van der Waals surface area contributed by atoms with Gasteiger partial charge in [-0.2, -0.15) is 0 Å². The maximum Gasteiger partial charge on any atom is 0.263 e. The van der Waals surface area contributed by atoms with E-state index in [-0.39, 0.29) is 17.2 Å². The van der Waals surface area contributed by atoms with Crippen molar-refractivity contribution in [1.82, 2.24) is 14.5 Å². The third-order valence-corrected chi connectivity index (χ3v) is 5.00. The molecule has 28 heavy (non-hydrogen) atoms. The Bertz CT molecular complexity index is 1070. The van der Waals surface area contributed by atoms with Crippen LogP contribution in [0.2, 0.25) is 0 Å². The van der Waals surface area contributed by atoms with Crippen molar-refractivity contribution in [3.8, 4) is 11.5 Å². The first-order chi connectivity index (χ1) is 13.6. The van der Waals surface area contributed by atoms with Crippen LogP contribution < -0.4 is 20.3 Å². The molecule has 0 atom stereocenters. The Morgan fingerprint density at radius 2 is 2.07 bits per heavy atom. The number of pyridine rings is 1. The van der Waals surface area contributed by atoms with Crippen LogP contribution >= 0.6 is 11.8 Å². The normalized spacial score (nSPS) is 10.7. The number of nitrogens with zero attached hydrogens (tertiary/aromatic N) is 3. The van der Waals surface area contributed by atoms with Crippen molar-refractivity contribution >= 4 is 34.4 Å². The van der Waals surface area contributed by atoms with E-state index in [0.717, 1.165) is 0 Å². The predicted molar refractivity (Wildman–Crippen MR) is 108 cm³/mol. The second kappa shape index (κ2) is 8.75. The smallest absolute Gasteiger partial charge is 0.263 e. The van der Waals surface area contributed by atoms with Gasteiger partial charge in [0.1, 0.15) is 11.5 Å². The third-order valence-electron chi connectivity index (χ3n) is 4.03. The Morgan fingerprint density at radius 1 is 1.25 bits per heavy atom. The van der Waals surface area contributed by atoms with E-state index in [1.807, 2.05) is 6.92 Å². The first kappa shape index (κ1) is 19.7. The molecule has 3 rings (SSSR count). The number of hydrogen-bond acceptors (Lipinski definition) is 7. The van der Waals surface area contributed by atoms with Crippen LogP contribution in [0.1, 0.15) is 6.92 Å². The lowest BCUT2D eigenvalue weighted by Crippen LogP contribution is -2.23. The maximum absolute atomic E-state index is 12.6. The maximum atomic E-state index is 12.6. The molecule has 2 aromatic heterocycles. The molecule has 0 fully saturated rings. The number of aromatic nitrogens is 3. The summed E-state index contributed by atoms with van der Waals surface area (Å²) in [6.45, 7) is 2.31. The summed E-state index contributed by atoms with van der Waals surface area (Å²) in [5.41, 5.74) is 0.743. The minimum atomic E-state index is -0.244. The van der Waals surface area contributed by atoms with Crippen molar-refractivity contribution in [3.05, 3.63) is 46.9 Å². The summed E-state index contributed by atoms with van der Waals surface area (Å²) in [5.74, 6) is 0.965. The van der Waals surface area contributed by atoms with Gasteiger partial charge >= 0.3 is 0 Å². The van der Waals surface area contributed by atoms with Gasteiger partial charge in [0, 0.05) is 18.8 Å². The number of thioether (sulfide) groups is 1. The van der Waals surface area contributed by atoms with Gasteiger partial charge in [-0.1, -0.05) is 11.8 Å². The molecular formula is C19H20N4O4S. The molecule has 1 aromatic carbocycles. The number of rotatable bonds is 7. The highest BCUT2D eigenvalue weighted by Crippen LogP contribution is 2.29. The lowest BCUT2D eigenvalue weighted by molar-refractivity contribution is -0.113. The Hall–Kier alpha value is -3.07. The van der Waals surface area contributed by atoms with E-state index in [0.29, 0.717) is 39.9 Å². The fourth-order valence-corrected chi connectivity index (χ4v) is 3.49. The van der Waals surface area contributed by atoms with Gasteiger partial charge in [-0.25, -0.2) is 9.97 Å². The van der Waals surface area contributed by atoms with Gasteiger partial charge in [0.25, 0.3) is 5.56 Å². The molecule has 2 heterocycles. The average Bonchev–Trinajstić information content (AvgIpc) is 2.72. The predicted octanol–water partition coefficient (Wildman–Crippen LogP) is 2.56. The first-order valence-electron chi connectivity index (χ1n) is 8.57. The molecule has 0 unspecified atom stereocenters. The quantitative estimate of drug-likeness (QED) is 0.481. The Morgan fingerprint density at radius 3 is 2.79 bits per heavy atom. The Kier molecular flexibility index (Phi) is 6.15. The van der Waals surface area contributed by atoms with Gasteiger partial charge in [0.2, 0.25) is 5.91 Å². The van der Waals surface area contributed by atoms with E-state index in [1.54, 1.807) is 43.6 Å². The minimum absolute atomic E-state index is 0.0833. The van der Waals surface area contributed by atoms with E-state index in [1.165, 1.54) is 23.4 Å². The van der Waals surface area contributed by atoms with Gasteiger partial charge in [0.15, 0.2) is 10.8 Å². The topological polar surface area (TPSA) is 95.3 Å². The zero-order chi connectivity index (χ0) is 20.1. The number of hydrogen-bond donors (Lipinski definition) is 1. The minimum Gasteiger partial charge on any atom is -0.497 e. The highest BCUT2D eigenvalue weighted by Gasteiger charge is 2.14. The monoisotopic (exact) mass is 400 g/mol. The van der Waals surface area contributed by atoms with Crippen LogP contribution in [-0.2, 0) is 11.3 Å². The molecule has 0 bridgehead atoms. The SMILES string of the molecule is CCn1c(SCC(=O)Nc2ccc(OC)cc2OC)nc2ncccc2c1=O. The number of methoxy groups -OCH3 is 2. The fourth-order valence-electron chi connectivity index (χ4n) is 2.64. The van der Waals surface area contributed by atoms with Gasteiger partial charge in [0.05, 0.1) is 31.0 Å². The third kappa shape index (κ3) is 4.09. The number of carbonyl (C=O) groups is 1. The fraction of sp³-hybridized carbons (Fsp3) is 0.263. The molecule has 146 valence electrons. The number of benzene rings is 1. The van der Waals surface area contributed by atoms with Crippen LogP contribution in [0.15, 0.2) is 46.5 Å². The second-order valence-corrected chi connectivity index (χ2v) is 6.66. The van der Waals surface area contributed by atoms with E-state index in [2.05, 4.69) is 15.3 Å². The summed E-state index contributed by atoms with van der Waals surface area (Å²) >= 11 is 1.18. The molecule has 0 spiro atoms. The van der Waals surface area contributed by atoms with Crippen molar-refractivity contribution < 1.29 is 14.3 Å². The van der Waals surface area contributed by atoms with Crippen LogP contribution in [-0.4, -0.2) is 40.4 Å². The van der Waals surface area contributed by atoms with Gasteiger partial charge in [-0.05, 0) is 31.2 Å². The van der Waals surface area contributed by atoms with E-state index in [9.17, 15) is 9.59 Å². The van der Waals surface area contributed by atoms with E-state index >= 15 is 0 Å². The largest absolute Gasteiger partial charge is 0.497 e. The Balaban J connectivity index is 1.77. The first-order valence-corrected chi connectivity index (χ1v) is 9.56. The molecule has 3 aromatic rings. The molecule has 1 amide bonds. The number of ether oxygens (including phenoxy) is 2. The highest BCUT2D eigenvalue weighted by atomic mass is 32.2. The van der Waals surface area contributed by atoms with Crippen LogP contribution in [0, 0.1) is 0 Å². The van der Waals surface area contributed by atoms with Crippen molar-refractivity contribution in [2.24, 2.45) is 0 Å². The summed E-state index contributed by atoms with van der Waals surface area (Å²) in [6.07, 6.45) is 1.59. The summed E-state index contributed by atoms with van der Waals surface area (Å²) in [4.78, 5) is 33.6. The van der Waals surface area contributed by atoms with Crippen molar-refractivity contribution in [3.63, 3.8) is 0 Å². The van der Waals surface area contributed by atoms with E-state index < -0.39 is 0 Å². The number of carbonyl (C=O) groups excluding carboxylic acids is 1. The van der Waals surface area contributed by atoms with Crippen molar-refractivity contribution in [1.29, 1.82) is 0 Å². The molecule has 0 saturated heterocycles. The zero-order valence-corrected chi connectivity index (χ0v) is 16.6. The molecule has 0 aliphatic carbocycles. The average molecular weight is 400 g/mol. The van der Waals surface area contributed by atoms with Crippen molar-refractivity contribution in [2.45, 2.75) is 18.6 Å². The summed E-state index contributed by atoms with van der Waals surface area (Å²) in [7, 11) is 3.08. The molecular weight excluding hydrogens is 380 g/mol. The molecule has 9 heteroatoms. The van der Waals surface area contributed by atoms with E-state index in [4.69, 9.17) is 9.47 Å². The number of fused-ring (bicyclic) bond motifs is 1. The highest BCUT2D eigenvalue weighted by molar-refractivity contribution is 7.99. The summed E-state index contributed by atoms with van der Waals surface area (Å²) in [5, 5.41) is 3.71. The lowest BCUT2D eigenvalue weighted by Gasteiger charge is -2.12.